The first-order valence-electron chi connectivity index (χ1n) is 4.50. The van der Waals surface area contributed by atoms with Gasteiger partial charge in [-0.2, -0.15) is 26.3 Å². The zero-order valence-corrected chi connectivity index (χ0v) is 8.76. The molecule has 0 aliphatic heterocycles. The molecule has 0 saturated carbocycles. The van der Waals surface area contributed by atoms with Gasteiger partial charge in [-0.15, -0.1) is 0 Å². The Morgan fingerprint density at radius 2 is 1.58 bits per heavy atom. The average Bonchev–Trinajstić information content (AvgIpc) is 2.24. The molecule has 0 spiro atoms. The second-order valence-corrected chi connectivity index (χ2v) is 3.37. The van der Waals surface area contributed by atoms with Crippen LogP contribution >= 0.6 is 0 Å². The highest BCUT2D eigenvalue weighted by Gasteiger charge is 2.43. The molecule has 1 N–H and O–H groups in total. The molecule has 0 atom stereocenters. The molecule has 0 radical (unpaired) electrons. The molecule has 0 fully saturated rings. The fraction of sp³-hybridized carbons (Fsp3) is 0.200. The van der Waals surface area contributed by atoms with Gasteiger partial charge in [0.05, 0.1) is 16.7 Å². The number of benzene rings is 1. The van der Waals surface area contributed by atoms with Crippen molar-refractivity contribution in [3.63, 3.8) is 0 Å². The van der Waals surface area contributed by atoms with Crippen LogP contribution in [-0.2, 0) is 12.4 Å². The fourth-order valence-corrected chi connectivity index (χ4v) is 1.47. The SMILES string of the molecule is O=Cc1c(C(F)(F)F)ccc(C(=O)O)c1C(F)(F)F. The third-order valence-corrected chi connectivity index (χ3v) is 2.18. The van der Waals surface area contributed by atoms with Crippen LogP contribution in [0.5, 0.6) is 0 Å². The van der Waals surface area contributed by atoms with E-state index in [0.717, 1.165) is 0 Å². The Hall–Kier alpha value is -2.06. The van der Waals surface area contributed by atoms with Gasteiger partial charge in [0.15, 0.2) is 6.29 Å². The van der Waals surface area contributed by atoms with Crippen molar-refractivity contribution in [1.29, 1.82) is 0 Å². The number of carbonyl (C=O) groups excluding carboxylic acids is 1. The van der Waals surface area contributed by atoms with Crippen LogP contribution in [-0.4, -0.2) is 17.4 Å². The molecule has 0 heterocycles. The van der Waals surface area contributed by atoms with Gasteiger partial charge in [-0.1, -0.05) is 0 Å². The summed E-state index contributed by atoms with van der Waals surface area (Å²) in [6.45, 7) is 0. The van der Waals surface area contributed by atoms with Gasteiger partial charge < -0.3 is 5.11 Å². The fourth-order valence-electron chi connectivity index (χ4n) is 1.47. The number of aromatic carboxylic acids is 1. The summed E-state index contributed by atoms with van der Waals surface area (Å²) in [5.74, 6) is -2.08. The van der Waals surface area contributed by atoms with Crippen LogP contribution in [0, 0.1) is 0 Å². The van der Waals surface area contributed by atoms with Gasteiger partial charge in [0, 0.05) is 5.56 Å². The molecule has 0 unspecified atom stereocenters. The lowest BCUT2D eigenvalue weighted by molar-refractivity contribution is -0.143. The third-order valence-electron chi connectivity index (χ3n) is 2.18. The predicted octanol–water partition coefficient (Wildman–Crippen LogP) is 3.23. The van der Waals surface area contributed by atoms with Crippen molar-refractivity contribution in [2.45, 2.75) is 12.4 Å². The van der Waals surface area contributed by atoms with E-state index < -0.39 is 46.9 Å². The summed E-state index contributed by atoms with van der Waals surface area (Å²) in [5, 5.41) is 8.55. The summed E-state index contributed by atoms with van der Waals surface area (Å²) in [7, 11) is 0. The summed E-state index contributed by atoms with van der Waals surface area (Å²) < 4.78 is 75.3. The van der Waals surface area contributed by atoms with Crippen molar-refractivity contribution in [3.05, 3.63) is 34.4 Å². The predicted molar refractivity (Wildman–Crippen MR) is 48.8 cm³/mol. The number of rotatable bonds is 2. The van der Waals surface area contributed by atoms with Crippen molar-refractivity contribution in [1.82, 2.24) is 0 Å². The van der Waals surface area contributed by atoms with E-state index in [1.165, 1.54) is 0 Å². The van der Waals surface area contributed by atoms with Crippen molar-refractivity contribution >= 4 is 12.3 Å². The summed E-state index contributed by atoms with van der Waals surface area (Å²) in [4.78, 5) is 21.1. The number of hydrogen-bond acceptors (Lipinski definition) is 2. The minimum Gasteiger partial charge on any atom is -0.478 e. The Bertz CT molecular complexity index is 529. The molecule has 0 aliphatic rings. The molecule has 0 aliphatic carbocycles. The number of aldehydes is 1. The van der Waals surface area contributed by atoms with E-state index >= 15 is 0 Å². The molecule has 9 heteroatoms. The molecule has 0 bridgehead atoms. The summed E-state index contributed by atoms with van der Waals surface area (Å²) in [5.41, 5.74) is -7.09. The van der Waals surface area contributed by atoms with E-state index in [-0.39, 0.29) is 12.1 Å². The third kappa shape index (κ3) is 2.85. The van der Waals surface area contributed by atoms with Crippen molar-refractivity contribution in [2.75, 3.05) is 0 Å². The quantitative estimate of drug-likeness (QED) is 0.670. The van der Waals surface area contributed by atoms with Gasteiger partial charge in [0.2, 0.25) is 0 Å². The van der Waals surface area contributed by atoms with Crippen LogP contribution < -0.4 is 0 Å². The Morgan fingerprint density at radius 1 is 1.05 bits per heavy atom. The molecular formula is C10H4F6O3. The summed E-state index contributed by atoms with van der Waals surface area (Å²) in [6, 6.07) is 0.295. The molecule has 1 rings (SSSR count). The highest BCUT2D eigenvalue weighted by Crippen LogP contribution is 2.40. The second kappa shape index (κ2) is 4.56. The van der Waals surface area contributed by atoms with Crippen molar-refractivity contribution in [2.24, 2.45) is 0 Å². The highest BCUT2D eigenvalue weighted by atomic mass is 19.4. The molecule has 0 saturated heterocycles. The van der Waals surface area contributed by atoms with Crippen LogP contribution in [0.2, 0.25) is 0 Å². The lowest BCUT2D eigenvalue weighted by atomic mass is 9.95. The Morgan fingerprint density at radius 3 is 1.89 bits per heavy atom. The number of alkyl halides is 6. The maximum Gasteiger partial charge on any atom is 0.417 e. The molecule has 104 valence electrons. The first-order chi connectivity index (χ1) is 8.50. The van der Waals surface area contributed by atoms with Gasteiger partial charge in [-0.05, 0) is 12.1 Å². The van der Waals surface area contributed by atoms with Crippen molar-refractivity contribution < 1.29 is 41.0 Å². The number of halogens is 6. The molecule has 3 nitrogen and oxygen atoms in total. The highest BCUT2D eigenvalue weighted by molar-refractivity contribution is 5.94. The first-order valence-corrected chi connectivity index (χ1v) is 4.50. The van der Waals surface area contributed by atoms with Gasteiger partial charge in [-0.25, -0.2) is 4.79 Å². The lowest BCUT2D eigenvalue weighted by Gasteiger charge is -2.17. The van der Waals surface area contributed by atoms with Gasteiger partial charge >= 0.3 is 18.3 Å². The maximum absolute atomic E-state index is 12.6. The topological polar surface area (TPSA) is 54.4 Å². The van der Waals surface area contributed by atoms with Gasteiger partial charge in [0.1, 0.15) is 0 Å². The molecule has 0 amide bonds. The largest absolute Gasteiger partial charge is 0.478 e. The molecule has 1 aromatic carbocycles. The van der Waals surface area contributed by atoms with Crippen molar-refractivity contribution in [3.8, 4) is 0 Å². The minimum atomic E-state index is -5.40. The van der Waals surface area contributed by atoms with Crippen LogP contribution in [0.4, 0.5) is 26.3 Å². The Labute approximate surface area is 101 Å². The molecule has 1 aromatic rings. The molecule has 19 heavy (non-hydrogen) atoms. The van der Waals surface area contributed by atoms with Crippen LogP contribution in [0.3, 0.4) is 0 Å². The summed E-state index contributed by atoms with van der Waals surface area (Å²) >= 11 is 0. The average molecular weight is 286 g/mol. The Kier molecular flexibility index (Phi) is 3.60. The van der Waals surface area contributed by atoms with Gasteiger partial charge in [0.25, 0.3) is 0 Å². The van der Waals surface area contributed by atoms with E-state index in [4.69, 9.17) is 5.11 Å². The Balaban J connectivity index is 3.80. The number of carboxylic acid groups (broad SMARTS) is 1. The number of carbonyl (C=O) groups is 2. The minimum absolute atomic E-state index is 0.127. The molecule has 0 aromatic heterocycles. The summed E-state index contributed by atoms with van der Waals surface area (Å²) in [6.07, 6.45) is -11.3. The first kappa shape index (κ1) is 15.0. The number of hydrogen-bond donors (Lipinski definition) is 1. The van der Waals surface area contributed by atoms with E-state index in [0.29, 0.717) is 0 Å². The van der Waals surface area contributed by atoms with E-state index in [1.54, 1.807) is 0 Å². The monoisotopic (exact) mass is 286 g/mol. The normalized spacial score (nSPS) is 12.3. The second-order valence-electron chi connectivity index (χ2n) is 3.37. The van der Waals surface area contributed by atoms with E-state index in [1.807, 2.05) is 0 Å². The number of carboxylic acids is 1. The van der Waals surface area contributed by atoms with Crippen LogP contribution in [0.25, 0.3) is 0 Å². The van der Waals surface area contributed by atoms with Gasteiger partial charge in [-0.3, -0.25) is 4.79 Å². The smallest absolute Gasteiger partial charge is 0.417 e. The zero-order valence-electron chi connectivity index (χ0n) is 8.76. The zero-order chi connectivity index (χ0) is 15.0. The van der Waals surface area contributed by atoms with Crippen LogP contribution in [0.1, 0.15) is 31.8 Å². The molecular weight excluding hydrogens is 282 g/mol. The van der Waals surface area contributed by atoms with Crippen LogP contribution in [0.15, 0.2) is 12.1 Å². The maximum atomic E-state index is 12.6. The van der Waals surface area contributed by atoms with E-state index in [9.17, 15) is 35.9 Å². The standard InChI is InChI=1S/C10H4F6O3/c11-9(12,13)6-2-1-4(8(18)19)7(5(6)3-17)10(14,15)16/h1-3H,(H,18,19). The van der Waals surface area contributed by atoms with E-state index in [2.05, 4.69) is 0 Å². The lowest BCUT2D eigenvalue weighted by Crippen LogP contribution is -2.20.